The third-order valence-corrected chi connectivity index (χ3v) is 8.79. The lowest BCUT2D eigenvalue weighted by atomic mass is 9.66. The van der Waals surface area contributed by atoms with E-state index in [9.17, 15) is 9.90 Å². The predicted octanol–water partition coefficient (Wildman–Crippen LogP) is 7.78. The molecule has 3 aromatic rings. The van der Waals surface area contributed by atoms with E-state index in [4.69, 9.17) is 37.2 Å². The largest absolute Gasteiger partial charge is 0.478 e. The van der Waals surface area contributed by atoms with Crippen molar-refractivity contribution >= 4 is 35.2 Å². The molecule has 38 heavy (non-hydrogen) atoms. The number of aromatic nitrogens is 1. The van der Waals surface area contributed by atoms with E-state index in [0.717, 1.165) is 55.4 Å². The summed E-state index contributed by atoms with van der Waals surface area (Å²) in [5, 5.41) is 14.7. The van der Waals surface area contributed by atoms with Crippen molar-refractivity contribution in [2.75, 3.05) is 13.2 Å². The van der Waals surface area contributed by atoms with Crippen LogP contribution in [-0.4, -0.2) is 35.0 Å². The van der Waals surface area contributed by atoms with Gasteiger partial charge in [0.15, 0.2) is 0 Å². The fourth-order valence-electron chi connectivity index (χ4n) is 5.63. The number of halogens is 2. The Morgan fingerprint density at radius 3 is 2.50 bits per heavy atom. The van der Waals surface area contributed by atoms with Gasteiger partial charge in [-0.3, -0.25) is 0 Å². The van der Waals surface area contributed by atoms with Crippen molar-refractivity contribution in [1.82, 2.24) is 5.16 Å². The molecular weight excluding hydrogens is 525 g/mol. The molecule has 2 aromatic carbocycles. The molecule has 8 heteroatoms. The number of fused-ring (bicyclic) bond motifs is 3. The van der Waals surface area contributed by atoms with E-state index in [-0.39, 0.29) is 16.6 Å². The molecule has 0 atom stereocenters. The topological polar surface area (TPSA) is 81.8 Å². The van der Waals surface area contributed by atoms with Crippen LogP contribution in [0.2, 0.25) is 10.0 Å². The number of carbonyl (C=O) groups is 1. The molecule has 2 bridgehead atoms. The molecule has 2 saturated heterocycles. The van der Waals surface area contributed by atoms with Crippen LogP contribution < -0.4 is 0 Å². The summed E-state index contributed by atoms with van der Waals surface area (Å²) in [6.07, 6.45) is 10.1. The van der Waals surface area contributed by atoms with Crippen LogP contribution in [0.25, 0.3) is 17.3 Å². The van der Waals surface area contributed by atoms with Crippen molar-refractivity contribution < 1.29 is 23.9 Å². The molecule has 2 aliphatic heterocycles. The zero-order valence-electron chi connectivity index (χ0n) is 20.9. The normalized spacial score (nSPS) is 24.8. The van der Waals surface area contributed by atoms with E-state index in [1.807, 2.05) is 30.3 Å². The molecule has 0 unspecified atom stereocenters. The summed E-state index contributed by atoms with van der Waals surface area (Å²) < 4.78 is 18.5. The second kappa shape index (κ2) is 10.2. The average Bonchev–Trinajstić information content (AvgIpc) is 3.69. The van der Waals surface area contributed by atoms with Gasteiger partial charge in [0.05, 0.1) is 41.0 Å². The molecular formula is C30H29Cl2NO5. The number of hydrogen-bond donors (Lipinski definition) is 1. The van der Waals surface area contributed by atoms with E-state index < -0.39 is 5.97 Å². The highest BCUT2D eigenvalue weighted by molar-refractivity contribution is 6.39. The molecule has 6 nitrogen and oxygen atoms in total. The van der Waals surface area contributed by atoms with Crippen molar-refractivity contribution in [1.29, 1.82) is 0 Å². The molecule has 0 radical (unpaired) electrons. The Kier molecular flexibility index (Phi) is 6.85. The zero-order valence-corrected chi connectivity index (χ0v) is 22.4. The lowest BCUT2D eigenvalue weighted by Crippen LogP contribution is -2.51. The number of benzene rings is 2. The number of carboxylic acids is 1. The molecule has 4 fully saturated rings. The van der Waals surface area contributed by atoms with E-state index >= 15 is 0 Å². The summed E-state index contributed by atoms with van der Waals surface area (Å²) in [5.41, 5.74) is 3.12. The average molecular weight is 554 g/mol. The summed E-state index contributed by atoms with van der Waals surface area (Å²) in [6.45, 7) is 1.62. The Hall–Kier alpha value is -2.64. The monoisotopic (exact) mass is 553 g/mol. The highest BCUT2D eigenvalue weighted by Gasteiger charge is 2.48. The lowest BCUT2D eigenvalue weighted by Gasteiger charge is -2.52. The number of ether oxygens (including phenoxy) is 2. The first kappa shape index (κ1) is 25.6. The van der Waals surface area contributed by atoms with Crippen LogP contribution in [0.1, 0.15) is 71.7 Å². The summed E-state index contributed by atoms with van der Waals surface area (Å²) in [7, 11) is 0. The van der Waals surface area contributed by atoms with Crippen molar-refractivity contribution in [3.8, 4) is 11.3 Å². The fraction of sp³-hybridized carbons (Fsp3) is 0.400. The molecule has 7 rings (SSSR count). The van der Waals surface area contributed by atoms with Crippen LogP contribution in [0.5, 0.6) is 0 Å². The van der Waals surface area contributed by atoms with Gasteiger partial charge >= 0.3 is 5.97 Å². The summed E-state index contributed by atoms with van der Waals surface area (Å²) in [4.78, 5) is 11.3. The van der Waals surface area contributed by atoms with Crippen molar-refractivity contribution in [2.45, 2.75) is 56.7 Å². The zero-order chi connectivity index (χ0) is 26.3. The fourth-order valence-corrected chi connectivity index (χ4v) is 6.21. The minimum atomic E-state index is -0.924. The van der Waals surface area contributed by atoms with Gasteiger partial charge < -0.3 is 19.1 Å². The molecule has 3 heterocycles. The Morgan fingerprint density at radius 2 is 1.84 bits per heavy atom. The Labute approximate surface area is 231 Å². The van der Waals surface area contributed by atoms with Crippen molar-refractivity contribution in [2.24, 2.45) is 5.41 Å². The second-order valence-electron chi connectivity index (χ2n) is 10.9. The number of rotatable bonds is 9. The number of aromatic carboxylic acids is 1. The third kappa shape index (κ3) is 5.03. The highest BCUT2D eigenvalue weighted by atomic mass is 35.5. The molecule has 0 amide bonds. The first-order chi connectivity index (χ1) is 18.4. The van der Waals surface area contributed by atoms with E-state index in [1.54, 1.807) is 18.2 Å². The van der Waals surface area contributed by atoms with Gasteiger partial charge in [-0.05, 0) is 68.4 Å². The Balaban J connectivity index is 1.12. The minimum absolute atomic E-state index is 0.0159. The predicted molar refractivity (Wildman–Crippen MR) is 146 cm³/mol. The molecule has 198 valence electrons. The molecule has 2 saturated carbocycles. The number of hydrogen-bond acceptors (Lipinski definition) is 5. The van der Waals surface area contributed by atoms with E-state index in [1.165, 1.54) is 0 Å². The second-order valence-corrected chi connectivity index (χ2v) is 11.7. The number of carboxylic acid groups (broad SMARTS) is 1. The van der Waals surface area contributed by atoms with Gasteiger partial charge in [-0.25, -0.2) is 4.79 Å². The van der Waals surface area contributed by atoms with Crippen LogP contribution in [0.4, 0.5) is 0 Å². The minimum Gasteiger partial charge on any atom is -0.478 e. The Bertz CT molecular complexity index is 1350. The highest BCUT2D eigenvalue weighted by Crippen LogP contribution is 2.50. The summed E-state index contributed by atoms with van der Waals surface area (Å²) in [5.74, 6) is 0.339. The van der Waals surface area contributed by atoms with Gasteiger partial charge in [0, 0.05) is 22.5 Å². The van der Waals surface area contributed by atoms with Gasteiger partial charge in [0.1, 0.15) is 11.5 Å². The van der Waals surface area contributed by atoms with Gasteiger partial charge in [-0.2, -0.15) is 0 Å². The quantitative estimate of drug-likeness (QED) is 0.291. The SMILES string of the molecule is O=C(O)c1cccc(/C=C/C23CCC(COCc4c(-c5c(Cl)cccc5Cl)noc4C4CC4)(CC2)CO3)c1. The summed E-state index contributed by atoms with van der Waals surface area (Å²) >= 11 is 13.0. The van der Waals surface area contributed by atoms with E-state index in [2.05, 4.69) is 11.2 Å². The van der Waals surface area contributed by atoms with E-state index in [0.29, 0.717) is 47.0 Å². The summed E-state index contributed by atoms with van der Waals surface area (Å²) in [6, 6.07) is 12.4. The number of nitrogens with zero attached hydrogens (tertiary/aromatic N) is 1. The van der Waals surface area contributed by atoms with Crippen LogP contribution in [0, 0.1) is 5.41 Å². The van der Waals surface area contributed by atoms with Crippen molar-refractivity contribution in [3.05, 3.63) is 81.0 Å². The van der Waals surface area contributed by atoms with Gasteiger partial charge in [0.2, 0.25) is 0 Å². The lowest BCUT2D eigenvalue weighted by molar-refractivity contribution is -0.178. The van der Waals surface area contributed by atoms with Crippen LogP contribution in [0.15, 0.2) is 53.1 Å². The standard InChI is InChI=1S/C30H29Cl2NO5/c31-23-5-2-6-24(32)25(23)26-22(27(38-33-26)20-7-8-20)16-36-17-29-11-13-30(14-12-29,37-18-29)10-9-19-3-1-4-21(15-19)28(34)35/h1-6,9-10,15,20H,7-8,11-14,16-18H2,(H,34,35)/b10-9+. The van der Waals surface area contributed by atoms with Gasteiger partial charge in [0.25, 0.3) is 0 Å². The van der Waals surface area contributed by atoms with Crippen LogP contribution in [-0.2, 0) is 16.1 Å². The molecule has 0 spiro atoms. The smallest absolute Gasteiger partial charge is 0.335 e. The molecule has 2 aliphatic carbocycles. The molecule has 1 N–H and O–H groups in total. The van der Waals surface area contributed by atoms with Gasteiger partial charge in [-0.1, -0.05) is 58.7 Å². The van der Waals surface area contributed by atoms with Gasteiger partial charge in [-0.15, -0.1) is 0 Å². The van der Waals surface area contributed by atoms with Crippen molar-refractivity contribution in [3.63, 3.8) is 0 Å². The third-order valence-electron chi connectivity index (χ3n) is 8.16. The molecule has 4 aliphatic rings. The maximum Gasteiger partial charge on any atom is 0.335 e. The molecule has 1 aromatic heterocycles. The van der Waals surface area contributed by atoms with Crippen LogP contribution in [0.3, 0.4) is 0 Å². The first-order valence-electron chi connectivity index (χ1n) is 13.0. The maximum atomic E-state index is 11.3. The maximum absolute atomic E-state index is 11.3. The first-order valence-corrected chi connectivity index (χ1v) is 13.8. The van der Waals surface area contributed by atoms with Crippen LogP contribution >= 0.6 is 23.2 Å². The Morgan fingerprint density at radius 1 is 1.11 bits per heavy atom.